The molecule has 0 aliphatic carbocycles. The van der Waals surface area contributed by atoms with Crippen LogP contribution in [0.2, 0.25) is 0 Å². The molecule has 0 aliphatic rings. The molecule has 0 radical (unpaired) electrons. The second-order valence-corrected chi connectivity index (χ2v) is 2.44. The lowest BCUT2D eigenvalue weighted by molar-refractivity contribution is -0.119. The summed E-state index contributed by atoms with van der Waals surface area (Å²) in [4.78, 5) is 9.98. The summed E-state index contributed by atoms with van der Waals surface area (Å²) in [5.74, 6) is 0. The van der Waals surface area contributed by atoms with Crippen molar-refractivity contribution in [1.29, 1.82) is 0 Å². The maximum Gasteiger partial charge on any atom is 0.150 e. The molecule has 4 atom stereocenters. The van der Waals surface area contributed by atoms with Gasteiger partial charge in [0.05, 0.1) is 12.6 Å². The van der Waals surface area contributed by atoms with Gasteiger partial charge in [-0.3, -0.25) is 0 Å². The number of carbonyl (C=O) groups is 1. The van der Waals surface area contributed by atoms with Gasteiger partial charge in [-0.15, -0.1) is 12.4 Å². The van der Waals surface area contributed by atoms with Crippen LogP contribution in [0.1, 0.15) is 0 Å². The Morgan fingerprint density at radius 2 is 1.77 bits per heavy atom. The van der Waals surface area contributed by atoms with Crippen LogP contribution in [0.3, 0.4) is 0 Å². The Hall–Kier alpha value is -0.240. The van der Waals surface area contributed by atoms with E-state index in [0.29, 0.717) is 0 Å². The molecule has 0 aromatic rings. The van der Waals surface area contributed by atoms with Crippen LogP contribution >= 0.6 is 12.4 Å². The molecule has 0 saturated heterocycles. The molecule has 6 N–H and O–H groups in total. The van der Waals surface area contributed by atoms with Crippen molar-refractivity contribution in [2.45, 2.75) is 24.4 Å². The van der Waals surface area contributed by atoms with E-state index in [2.05, 4.69) is 0 Å². The van der Waals surface area contributed by atoms with Gasteiger partial charge in [-0.25, -0.2) is 0 Å². The van der Waals surface area contributed by atoms with Crippen LogP contribution in [0.15, 0.2) is 0 Å². The third-order valence-electron chi connectivity index (χ3n) is 1.51. The standard InChI is InChI=1S/C6H13NO5.ClH/c7-5(3(10)1-8)6(12)4(11)2-9;/h1,3-6,9-12H,2,7H2;1H/t3-,4+,5+,6+;/m0./s1. The van der Waals surface area contributed by atoms with Gasteiger partial charge in [0.25, 0.3) is 0 Å². The summed E-state index contributed by atoms with van der Waals surface area (Å²) in [7, 11) is 0. The molecule has 0 fully saturated rings. The first-order chi connectivity index (χ1) is 5.54. The summed E-state index contributed by atoms with van der Waals surface area (Å²) in [5, 5.41) is 35.0. The second-order valence-electron chi connectivity index (χ2n) is 2.44. The number of carbonyl (C=O) groups excluding carboxylic acids is 1. The fraction of sp³-hybridized carbons (Fsp3) is 0.833. The number of aliphatic hydroxyl groups excluding tert-OH is 4. The lowest BCUT2D eigenvalue weighted by atomic mass is 10.0. The lowest BCUT2D eigenvalue weighted by Gasteiger charge is -2.23. The highest BCUT2D eigenvalue weighted by Gasteiger charge is 2.27. The highest BCUT2D eigenvalue weighted by atomic mass is 35.5. The zero-order chi connectivity index (χ0) is 9.72. The molecule has 0 aliphatic heterocycles. The fourth-order valence-electron chi connectivity index (χ4n) is 0.657. The average molecular weight is 216 g/mol. The van der Waals surface area contributed by atoms with Crippen molar-refractivity contribution in [3.63, 3.8) is 0 Å². The van der Waals surface area contributed by atoms with Crippen LogP contribution in [-0.4, -0.2) is 57.7 Å². The summed E-state index contributed by atoms with van der Waals surface area (Å²) in [6.45, 7) is -0.680. The van der Waals surface area contributed by atoms with E-state index in [1.54, 1.807) is 0 Å². The summed E-state index contributed by atoms with van der Waals surface area (Å²) in [6, 6.07) is -1.29. The van der Waals surface area contributed by atoms with E-state index < -0.39 is 31.0 Å². The first kappa shape index (κ1) is 15.2. The van der Waals surface area contributed by atoms with Crippen molar-refractivity contribution in [3.8, 4) is 0 Å². The number of hydrogen-bond donors (Lipinski definition) is 5. The van der Waals surface area contributed by atoms with E-state index in [4.69, 9.17) is 26.2 Å². The van der Waals surface area contributed by atoms with E-state index in [1.165, 1.54) is 0 Å². The molecule has 0 aromatic carbocycles. The van der Waals surface area contributed by atoms with Gasteiger partial charge in [0.1, 0.15) is 24.6 Å². The zero-order valence-corrected chi connectivity index (χ0v) is 7.59. The van der Waals surface area contributed by atoms with E-state index in [0.717, 1.165) is 0 Å². The topological polar surface area (TPSA) is 124 Å². The maximum absolute atomic E-state index is 9.98. The summed E-state index contributed by atoms with van der Waals surface area (Å²) in [5.41, 5.74) is 5.15. The third-order valence-corrected chi connectivity index (χ3v) is 1.51. The van der Waals surface area contributed by atoms with Crippen molar-refractivity contribution in [1.82, 2.24) is 0 Å². The molecule has 13 heavy (non-hydrogen) atoms. The van der Waals surface area contributed by atoms with Crippen LogP contribution in [0, 0.1) is 0 Å². The minimum Gasteiger partial charge on any atom is -0.394 e. The van der Waals surface area contributed by atoms with E-state index in [1.807, 2.05) is 0 Å². The number of halogens is 1. The zero-order valence-electron chi connectivity index (χ0n) is 6.78. The molecule has 6 nitrogen and oxygen atoms in total. The Bertz CT molecular complexity index is 147. The maximum atomic E-state index is 9.98. The van der Waals surface area contributed by atoms with Crippen molar-refractivity contribution in [2.24, 2.45) is 5.73 Å². The highest BCUT2D eigenvalue weighted by molar-refractivity contribution is 5.85. The van der Waals surface area contributed by atoms with Crippen LogP contribution in [0.25, 0.3) is 0 Å². The minimum absolute atomic E-state index is 0. The van der Waals surface area contributed by atoms with Gasteiger partial charge in [-0.2, -0.15) is 0 Å². The van der Waals surface area contributed by atoms with Gasteiger partial charge >= 0.3 is 0 Å². The SMILES string of the molecule is Cl.N[C@@H]([C@H](O)[C@H](O)CO)[C@@H](O)C=O. The molecular formula is C6H14ClNO5. The predicted octanol–water partition coefficient (Wildman–Crippen LogP) is -2.99. The molecule has 0 amide bonds. The van der Waals surface area contributed by atoms with Gasteiger partial charge in [-0.05, 0) is 0 Å². The Morgan fingerprint density at radius 3 is 2.08 bits per heavy atom. The van der Waals surface area contributed by atoms with Crippen molar-refractivity contribution in [2.75, 3.05) is 6.61 Å². The van der Waals surface area contributed by atoms with Crippen molar-refractivity contribution >= 4 is 18.7 Å². The first-order valence-corrected chi connectivity index (χ1v) is 3.40. The van der Waals surface area contributed by atoms with Crippen LogP contribution in [0.4, 0.5) is 0 Å². The van der Waals surface area contributed by atoms with Gasteiger partial charge < -0.3 is 31.0 Å². The van der Waals surface area contributed by atoms with Crippen LogP contribution < -0.4 is 5.73 Å². The Kier molecular flexibility index (Phi) is 8.43. The molecule has 7 heteroatoms. The minimum atomic E-state index is -1.54. The molecule has 0 saturated carbocycles. The predicted molar refractivity (Wildman–Crippen MR) is 46.4 cm³/mol. The lowest BCUT2D eigenvalue weighted by Crippen LogP contribution is -2.51. The smallest absolute Gasteiger partial charge is 0.150 e. The largest absolute Gasteiger partial charge is 0.394 e. The fourth-order valence-corrected chi connectivity index (χ4v) is 0.657. The van der Waals surface area contributed by atoms with E-state index >= 15 is 0 Å². The number of hydrogen-bond acceptors (Lipinski definition) is 6. The summed E-state index contributed by atoms with van der Waals surface area (Å²) in [6.07, 6.45) is -4.36. The van der Waals surface area contributed by atoms with Crippen LogP contribution in [0.5, 0.6) is 0 Å². The molecule has 80 valence electrons. The van der Waals surface area contributed by atoms with Gasteiger partial charge in [0, 0.05) is 0 Å². The van der Waals surface area contributed by atoms with Gasteiger partial charge in [0.2, 0.25) is 0 Å². The van der Waals surface area contributed by atoms with Crippen LogP contribution in [-0.2, 0) is 4.79 Å². The Morgan fingerprint density at radius 1 is 1.31 bits per heavy atom. The number of rotatable bonds is 5. The Labute approximate surface area is 81.4 Å². The highest BCUT2D eigenvalue weighted by Crippen LogP contribution is 2.00. The Balaban J connectivity index is 0. The van der Waals surface area contributed by atoms with Crippen molar-refractivity contribution in [3.05, 3.63) is 0 Å². The monoisotopic (exact) mass is 215 g/mol. The molecular weight excluding hydrogens is 202 g/mol. The molecule has 0 heterocycles. The number of aldehydes is 1. The third kappa shape index (κ3) is 4.51. The number of nitrogens with two attached hydrogens (primary N) is 1. The van der Waals surface area contributed by atoms with Gasteiger partial charge in [-0.1, -0.05) is 0 Å². The second kappa shape index (κ2) is 7.19. The molecule has 0 aromatic heterocycles. The molecule has 0 bridgehead atoms. The average Bonchev–Trinajstić information content (AvgIpc) is 2.12. The molecule has 0 unspecified atom stereocenters. The first-order valence-electron chi connectivity index (χ1n) is 3.40. The van der Waals surface area contributed by atoms with Gasteiger partial charge in [0.15, 0.2) is 0 Å². The van der Waals surface area contributed by atoms with Crippen molar-refractivity contribution < 1.29 is 25.2 Å². The summed E-state index contributed by atoms with van der Waals surface area (Å²) >= 11 is 0. The summed E-state index contributed by atoms with van der Waals surface area (Å²) < 4.78 is 0. The number of aliphatic hydroxyl groups is 4. The molecule has 0 rings (SSSR count). The van der Waals surface area contributed by atoms with E-state index in [-0.39, 0.29) is 18.7 Å². The normalized spacial score (nSPS) is 19.5. The quantitative estimate of drug-likeness (QED) is 0.312. The molecule has 0 spiro atoms. The van der Waals surface area contributed by atoms with E-state index in [9.17, 15) is 4.79 Å².